The highest BCUT2D eigenvalue weighted by Gasteiger charge is 2.32. The first-order valence-electron chi connectivity index (χ1n) is 9.51. The summed E-state index contributed by atoms with van der Waals surface area (Å²) < 4.78 is 16.7. The molecule has 1 N–H and O–H groups in total. The van der Waals surface area contributed by atoms with Crippen LogP contribution in [-0.4, -0.2) is 34.0 Å². The SMILES string of the molecule is O=C(Cl)CCC1CCN(c2c(F)cc3c(=O)c(C(=O)O)cn(C4CC4)c3c2Cl)C1. The number of pyridine rings is 1. The van der Waals surface area contributed by atoms with Crippen molar-refractivity contribution in [2.24, 2.45) is 5.92 Å². The largest absolute Gasteiger partial charge is 0.477 e. The van der Waals surface area contributed by atoms with Gasteiger partial charge in [-0.25, -0.2) is 9.18 Å². The molecule has 6 nitrogen and oxygen atoms in total. The molecule has 1 aromatic carbocycles. The Morgan fingerprint density at radius 3 is 2.62 bits per heavy atom. The van der Waals surface area contributed by atoms with Crippen molar-refractivity contribution in [1.29, 1.82) is 0 Å². The zero-order chi connectivity index (χ0) is 20.9. The summed E-state index contributed by atoms with van der Waals surface area (Å²) in [7, 11) is 0. The number of rotatable bonds is 6. The first-order chi connectivity index (χ1) is 13.8. The number of benzene rings is 1. The normalized spacial score (nSPS) is 19.1. The fraction of sp³-hybridized carbons (Fsp3) is 0.450. The Labute approximate surface area is 175 Å². The van der Waals surface area contributed by atoms with E-state index in [-0.39, 0.29) is 45.3 Å². The van der Waals surface area contributed by atoms with Crippen molar-refractivity contribution >= 4 is 51.0 Å². The van der Waals surface area contributed by atoms with E-state index in [9.17, 15) is 19.5 Å². The molecule has 2 fully saturated rings. The zero-order valence-electron chi connectivity index (χ0n) is 15.5. The Bertz CT molecular complexity index is 1080. The molecule has 1 saturated heterocycles. The number of anilines is 1. The molecule has 0 bridgehead atoms. The molecule has 1 atom stereocenters. The maximum absolute atomic E-state index is 15.0. The van der Waals surface area contributed by atoms with Gasteiger partial charge in [-0.05, 0) is 49.3 Å². The number of aromatic nitrogens is 1. The van der Waals surface area contributed by atoms with Crippen molar-refractivity contribution in [2.45, 2.75) is 38.1 Å². The quantitative estimate of drug-likeness (QED) is 0.680. The third kappa shape index (κ3) is 3.73. The third-order valence-electron chi connectivity index (χ3n) is 5.71. The number of carbonyl (C=O) groups excluding carboxylic acids is 1. The van der Waals surface area contributed by atoms with Crippen molar-refractivity contribution in [2.75, 3.05) is 18.0 Å². The zero-order valence-corrected chi connectivity index (χ0v) is 17.0. The average Bonchev–Trinajstić information content (AvgIpc) is 3.39. The van der Waals surface area contributed by atoms with Crippen LogP contribution < -0.4 is 10.3 Å². The lowest BCUT2D eigenvalue weighted by atomic mass is 10.0. The summed E-state index contributed by atoms with van der Waals surface area (Å²) in [4.78, 5) is 36.9. The molecule has 1 aromatic heterocycles. The second kappa shape index (κ2) is 7.61. The Kier molecular flexibility index (Phi) is 5.29. The van der Waals surface area contributed by atoms with Crippen molar-refractivity contribution < 1.29 is 19.1 Å². The molecular formula is C20H19Cl2FN2O4. The molecule has 29 heavy (non-hydrogen) atoms. The second-order valence-corrected chi connectivity index (χ2v) is 8.53. The number of carbonyl (C=O) groups is 2. The lowest BCUT2D eigenvalue weighted by molar-refractivity contribution is -0.111. The first kappa shape index (κ1) is 20.2. The maximum Gasteiger partial charge on any atom is 0.341 e. The van der Waals surface area contributed by atoms with E-state index >= 15 is 4.39 Å². The molecular weight excluding hydrogens is 422 g/mol. The molecule has 1 aliphatic carbocycles. The summed E-state index contributed by atoms with van der Waals surface area (Å²) in [5.41, 5.74) is -0.535. The van der Waals surface area contributed by atoms with Crippen molar-refractivity contribution in [3.05, 3.63) is 38.9 Å². The standard InChI is InChI=1S/C20H19Cl2FN2O4/c21-15(26)4-1-10-5-6-24(8-10)18-14(23)7-12-17(16(18)22)25(11-2-3-11)9-13(19(12)27)20(28)29/h7,9-11H,1-6,8H2,(H,28,29). The van der Waals surface area contributed by atoms with Gasteiger partial charge in [0, 0.05) is 31.7 Å². The Hall–Kier alpha value is -2.12. The smallest absolute Gasteiger partial charge is 0.341 e. The van der Waals surface area contributed by atoms with E-state index < -0.39 is 17.2 Å². The van der Waals surface area contributed by atoms with Crippen molar-refractivity contribution in [1.82, 2.24) is 4.57 Å². The summed E-state index contributed by atoms with van der Waals surface area (Å²) in [6.45, 7) is 1.11. The second-order valence-electron chi connectivity index (χ2n) is 7.73. The number of aromatic carboxylic acids is 1. The molecule has 9 heteroatoms. The lowest BCUT2D eigenvalue weighted by Gasteiger charge is -2.23. The summed E-state index contributed by atoms with van der Waals surface area (Å²) in [6.07, 6.45) is 4.69. The fourth-order valence-corrected chi connectivity index (χ4v) is 4.62. The molecule has 2 aliphatic rings. The number of fused-ring (bicyclic) bond motifs is 1. The minimum Gasteiger partial charge on any atom is -0.477 e. The molecule has 2 heterocycles. The third-order valence-corrected chi connectivity index (χ3v) is 6.25. The van der Waals surface area contributed by atoms with E-state index in [0.717, 1.165) is 25.3 Å². The predicted molar refractivity (Wildman–Crippen MR) is 109 cm³/mol. The van der Waals surface area contributed by atoms with Gasteiger partial charge in [-0.2, -0.15) is 0 Å². The fourth-order valence-electron chi connectivity index (χ4n) is 4.10. The summed E-state index contributed by atoms with van der Waals surface area (Å²) in [5, 5.41) is 9.07. The van der Waals surface area contributed by atoms with Gasteiger partial charge in [-0.3, -0.25) is 9.59 Å². The maximum atomic E-state index is 15.0. The van der Waals surface area contributed by atoms with Crippen LogP contribution in [0.25, 0.3) is 10.9 Å². The van der Waals surface area contributed by atoms with Gasteiger partial charge in [-0.15, -0.1) is 0 Å². The number of hydrogen-bond donors (Lipinski definition) is 1. The highest BCUT2D eigenvalue weighted by atomic mass is 35.5. The molecule has 1 unspecified atom stereocenters. The summed E-state index contributed by atoms with van der Waals surface area (Å²) in [6, 6.07) is 1.15. The van der Waals surface area contributed by atoms with Gasteiger partial charge >= 0.3 is 5.97 Å². The minimum atomic E-state index is -1.34. The van der Waals surface area contributed by atoms with Gasteiger partial charge in [0.1, 0.15) is 11.4 Å². The first-order valence-corrected chi connectivity index (χ1v) is 10.3. The van der Waals surface area contributed by atoms with Gasteiger partial charge in [0.25, 0.3) is 0 Å². The van der Waals surface area contributed by atoms with E-state index in [4.69, 9.17) is 23.2 Å². The lowest BCUT2D eigenvalue weighted by Crippen LogP contribution is -2.23. The highest BCUT2D eigenvalue weighted by Crippen LogP contribution is 2.43. The molecule has 0 amide bonds. The van der Waals surface area contributed by atoms with Gasteiger partial charge in [0.05, 0.1) is 21.6 Å². The van der Waals surface area contributed by atoms with E-state index in [0.29, 0.717) is 25.0 Å². The monoisotopic (exact) mass is 440 g/mol. The molecule has 1 saturated carbocycles. The van der Waals surface area contributed by atoms with Crippen LogP contribution in [0.4, 0.5) is 10.1 Å². The van der Waals surface area contributed by atoms with Gasteiger partial charge < -0.3 is 14.6 Å². The Balaban J connectivity index is 1.80. The van der Waals surface area contributed by atoms with Gasteiger partial charge in [0.2, 0.25) is 10.7 Å². The average molecular weight is 441 g/mol. The molecule has 154 valence electrons. The van der Waals surface area contributed by atoms with E-state index in [2.05, 4.69) is 0 Å². The van der Waals surface area contributed by atoms with Crippen molar-refractivity contribution in [3.8, 4) is 0 Å². The predicted octanol–water partition coefficient (Wildman–Crippen LogP) is 4.20. The van der Waals surface area contributed by atoms with Crippen LogP contribution in [0.15, 0.2) is 17.1 Å². The van der Waals surface area contributed by atoms with Crippen LogP contribution in [0.3, 0.4) is 0 Å². The van der Waals surface area contributed by atoms with Crippen LogP contribution in [-0.2, 0) is 4.79 Å². The number of hydrogen-bond acceptors (Lipinski definition) is 4. The van der Waals surface area contributed by atoms with E-state index in [1.807, 2.05) is 4.90 Å². The van der Waals surface area contributed by atoms with Crippen LogP contribution in [0, 0.1) is 11.7 Å². The van der Waals surface area contributed by atoms with Crippen LogP contribution in [0.1, 0.15) is 48.5 Å². The van der Waals surface area contributed by atoms with Crippen LogP contribution in [0.5, 0.6) is 0 Å². The molecule has 4 rings (SSSR count). The number of halogens is 3. The Morgan fingerprint density at radius 1 is 1.28 bits per heavy atom. The van der Waals surface area contributed by atoms with Crippen LogP contribution in [0.2, 0.25) is 5.02 Å². The number of carboxylic acids is 1. The summed E-state index contributed by atoms with van der Waals surface area (Å²) in [5.74, 6) is -1.80. The molecule has 0 radical (unpaired) electrons. The van der Waals surface area contributed by atoms with Crippen LogP contribution >= 0.6 is 23.2 Å². The molecule has 2 aromatic rings. The minimum absolute atomic E-state index is 0.0217. The number of carboxylic acid groups (broad SMARTS) is 1. The topological polar surface area (TPSA) is 79.6 Å². The van der Waals surface area contributed by atoms with E-state index in [1.165, 1.54) is 6.20 Å². The Morgan fingerprint density at radius 2 is 2.00 bits per heavy atom. The number of nitrogens with zero attached hydrogens (tertiary/aromatic N) is 2. The van der Waals surface area contributed by atoms with Gasteiger partial charge in [0.15, 0.2) is 0 Å². The van der Waals surface area contributed by atoms with Gasteiger partial charge in [-0.1, -0.05) is 11.6 Å². The molecule has 1 aliphatic heterocycles. The molecule has 0 spiro atoms. The van der Waals surface area contributed by atoms with Crippen molar-refractivity contribution in [3.63, 3.8) is 0 Å². The summed E-state index contributed by atoms with van der Waals surface area (Å²) >= 11 is 12.0. The van der Waals surface area contributed by atoms with E-state index in [1.54, 1.807) is 4.57 Å². The highest BCUT2D eigenvalue weighted by molar-refractivity contribution is 6.63.